The van der Waals surface area contributed by atoms with Crippen molar-refractivity contribution in [2.45, 2.75) is 13.3 Å². The minimum Gasteiger partial charge on any atom is -0.496 e. The van der Waals surface area contributed by atoms with E-state index in [0.717, 1.165) is 11.3 Å². The molecular formula is C19H18FNO3. The van der Waals surface area contributed by atoms with Gasteiger partial charge in [0.1, 0.15) is 5.75 Å². The van der Waals surface area contributed by atoms with Gasteiger partial charge in [0, 0.05) is 17.5 Å². The Morgan fingerprint density at radius 1 is 1.21 bits per heavy atom. The Kier molecular flexibility index (Phi) is 4.51. The molecule has 0 radical (unpaired) electrons. The smallest absolute Gasteiger partial charge is 0.287 e. The topological polar surface area (TPSA) is 51.5 Å². The number of benzene rings is 2. The van der Waals surface area contributed by atoms with Crippen molar-refractivity contribution < 1.29 is 18.3 Å². The highest BCUT2D eigenvalue weighted by Gasteiger charge is 2.19. The molecule has 0 saturated heterocycles. The molecule has 0 saturated carbocycles. The average molecular weight is 327 g/mol. The van der Waals surface area contributed by atoms with E-state index < -0.39 is 5.82 Å². The van der Waals surface area contributed by atoms with E-state index in [0.29, 0.717) is 23.9 Å². The van der Waals surface area contributed by atoms with Crippen molar-refractivity contribution in [3.63, 3.8) is 0 Å². The first-order valence-corrected chi connectivity index (χ1v) is 7.69. The average Bonchev–Trinajstić information content (AvgIpc) is 2.94. The molecule has 5 heteroatoms. The van der Waals surface area contributed by atoms with Crippen LogP contribution in [0.1, 0.15) is 21.7 Å². The van der Waals surface area contributed by atoms with E-state index in [1.54, 1.807) is 26.2 Å². The van der Waals surface area contributed by atoms with E-state index in [9.17, 15) is 9.18 Å². The van der Waals surface area contributed by atoms with Gasteiger partial charge >= 0.3 is 0 Å². The molecule has 1 amide bonds. The second-order valence-corrected chi connectivity index (χ2v) is 5.49. The zero-order valence-electron chi connectivity index (χ0n) is 13.6. The molecule has 24 heavy (non-hydrogen) atoms. The number of furan rings is 1. The molecule has 0 aliphatic carbocycles. The van der Waals surface area contributed by atoms with Crippen LogP contribution >= 0.6 is 0 Å². The molecule has 0 spiro atoms. The Balaban J connectivity index is 1.72. The van der Waals surface area contributed by atoms with Gasteiger partial charge in [-0.1, -0.05) is 30.3 Å². The molecule has 1 aromatic heterocycles. The second-order valence-electron chi connectivity index (χ2n) is 5.49. The number of rotatable bonds is 5. The molecule has 2 aromatic carbocycles. The summed E-state index contributed by atoms with van der Waals surface area (Å²) in [5, 5.41) is 3.42. The van der Waals surface area contributed by atoms with Gasteiger partial charge in [0.15, 0.2) is 17.2 Å². The van der Waals surface area contributed by atoms with Crippen molar-refractivity contribution in [2.24, 2.45) is 0 Å². The Hall–Kier alpha value is -2.82. The molecule has 0 bridgehead atoms. The molecule has 4 nitrogen and oxygen atoms in total. The maximum atomic E-state index is 13.8. The number of amides is 1. The predicted molar refractivity (Wildman–Crippen MR) is 89.9 cm³/mol. The van der Waals surface area contributed by atoms with Crippen LogP contribution in [-0.4, -0.2) is 19.6 Å². The molecular weight excluding hydrogens is 309 g/mol. The van der Waals surface area contributed by atoms with Crippen LogP contribution in [0.5, 0.6) is 5.75 Å². The third kappa shape index (κ3) is 2.97. The fourth-order valence-electron chi connectivity index (χ4n) is 2.73. The molecule has 1 N–H and O–H groups in total. The summed E-state index contributed by atoms with van der Waals surface area (Å²) in [6.07, 6.45) is 0.628. The number of para-hydroxylation sites is 2. The summed E-state index contributed by atoms with van der Waals surface area (Å²) in [5.74, 6) is 0.116. The van der Waals surface area contributed by atoms with Gasteiger partial charge in [-0.25, -0.2) is 4.39 Å². The van der Waals surface area contributed by atoms with E-state index in [1.807, 2.05) is 24.3 Å². The maximum absolute atomic E-state index is 13.8. The summed E-state index contributed by atoms with van der Waals surface area (Å²) < 4.78 is 24.5. The summed E-state index contributed by atoms with van der Waals surface area (Å²) >= 11 is 0. The van der Waals surface area contributed by atoms with Crippen LogP contribution in [0.2, 0.25) is 0 Å². The summed E-state index contributed by atoms with van der Waals surface area (Å²) in [4.78, 5) is 12.3. The Bertz CT molecular complexity index is 885. The summed E-state index contributed by atoms with van der Waals surface area (Å²) in [6, 6.07) is 12.3. The number of carbonyl (C=O) groups excluding carboxylic acids is 1. The first-order valence-electron chi connectivity index (χ1n) is 7.69. The maximum Gasteiger partial charge on any atom is 0.287 e. The molecule has 3 aromatic rings. The molecule has 3 rings (SSSR count). The number of nitrogens with one attached hydrogen (secondary N) is 1. The van der Waals surface area contributed by atoms with Crippen LogP contribution in [0.4, 0.5) is 4.39 Å². The highest BCUT2D eigenvalue weighted by molar-refractivity contribution is 5.99. The van der Waals surface area contributed by atoms with E-state index in [-0.39, 0.29) is 17.3 Å². The SMILES string of the molecule is COc1ccccc1CCNC(=O)c1oc2c(F)cccc2c1C. The van der Waals surface area contributed by atoms with E-state index in [2.05, 4.69) is 5.32 Å². The van der Waals surface area contributed by atoms with Gasteiger partial charge in [-0.05, 0) is 31.0 Å². The first kappa shape index (κ1) is 16.1. The number of fused-ring (bicyclic) bond motifs is 1. The monoisotopic (exact) mass is 327 g/mol. The Labute approximate surface area is 139 Å². The lowest BCUT2D eigenvalue weighted by Gasteiger charge is -2.08. The zero-order valence-corrected chi connectivity index (χ0v) is 13.6. The fourth-order valence-corrected chi connectivity index (χ4v) is 2.73. The number of methoxy groups -OCH3 is 1. The molecule has 0 unspecified atom stereocenters. The Morgan fingerprint density at radius 2 is 2.00 bits per heavy atom. The van der Waals surface area contributed by atoms with Crippen molar-refractivity contribution >= 4 is 16.9 Å². The standard InChI is InChI=1S/C19H18FNO3/c1-12-14-7-5-8-15(20)18(14)24-17(12)19(22)21-11-10-13-6-3-4-9-16(13)23-2/h3-9H,10-11H2,1-2H3,(H,21,22). The molecule has 0 fully saturated rings. The Morgan fingerprint density at radius 3 is 2.75 bits per heavy atom. The van der Waals surface area contributed by atoms with Crippen LogP contribution < -0.4 is 10.1 Å². The number of aryl methyl sites for hydroxylation is 1. The fraction of sp³-hybridized carbons (Fsp3) is 0.211. The van der Waals surface area contributed by atoms with E-state index >= 15 is 0 Å². The van der Waals surface area contributed by atoms with Crippen molar-refractivity contribution in [3.05, 3.63) is 65.2 Å². The lowest BCUT2D eigenvalue weighted by atomic mass is 10.1. The van der Waals surface area contributed by atoms with Crippen LogP contribution in [0.25, 0.3) is 11.0 Å². The highest BCUT2D eigenvalue weighted by atomic mass is 19.1. The second kappa shape index (κ2) is 6.74. The minimum absolute atomic E-state index is 0.116. The molecule has 0 aliphatic rings. The van der Waals surface area contributed by atoms with Crippen LogP contribution in [0.15, 0.2) is 46.9 Å². The lowest BCUT2D eigenvalue weighted by molar-refractivity contribution is 0.0927. The number of hydrogen-bond donors (Lipinski definition) is 1. The molecule has 0 atom stereocenters. The van der Waals surface area contributed by atoms with Crippen molar-refractivity contribution in [1.82, 2.24) is 5.32 Å². The summed E-state index contributed by atoms with van der Waals surface area (Å²) in [6.45, 7) is 2.18. The lowest BCUT2D eigenvalue weighted by Crippen LogP contribution is -2.26. The van der Waals surface area contributed by atoms with Crippen LogP contribution in [0, 0.1) is 12.7 Å². The number of halogens is 1. The number of carbonyl (C=O) groups is 1. The number of ether oxygens (including phenoxy) is 1. The quantitative estimate of drug-likeness (QED) is 0.774. The van der Waals surface area contributed by atoms with Gasteiger partial charge in [-0.3, -0.25) is 4.79 Å². The minimum atomic E-state index is -0.469. The third-order valence-corrected chi connectivity index (χ3v) is 3.99. The van der Waals surface area contributed by atoms with Crippen LogP contribution in [-0.2, 0) is 6.42 Å². The van der Waals surface area contributed by atoms with E-state index in [1.165, 1.54) is 6.07 Å². The number of hydrogen-bond acceptors (Lipinski definition) is 3. The first-order chi connectivity index (χ1) is 11.6. The van der Waals surface area contributed by atoms with Crippen molar-refractivity contribution in [2.75, 3.05) is 13.7 Å². The predicted octanol–water partition coefficient (Wildman–Crippen LogP) is 3.86. The highest BCUT2D eigenvalue weighted by Crippen LogP contribution is 2.27. The van der Waals surface area contributed by atoms with Gasteiger partial charge in [0.2, 0.25) is 0 Å². The summed E-state index contributed by atoms with van der Waals surface area (Å²) in [5.41, 5.74) is 1.76. The third-order valence-electron chi connectivity index (χ3n) is 3.99. The van der Waals surface area contributed by atoms with Gasteiger partial charge < -0.3 is 14.5 Å². The molecule has 124 valence electrons. The van der Waals surface area contributed by atoms with Crippen molar-refractivity contribution in [3.8, 4) is 5.75 Å². The normalized spacial score (nSPS) is 10.8. The van der Waals surface area contributed by atoms with E-state index in [4.69, 9.17) is 9.15 Å². The van der Waals surface area contributed by atoms with Crippen molar-refractivity contribution in [1.29, 1.82) is 0 Å². The zero-order chi connectivity index (χ0) is 17.1. The largest absolute Gasteiger partial charge is 0.496 e. The summed E-state index contributed by atoms with van der Waals surface area (Å²) in [7, 11) is 1.61. The van der Waals surface area contributed by atoms with Gasteiger partial charge in [0.05, 0.1) is 7.11 Å². The van der Waals surface area contributed by atoms with Gasteiger partial charge in [-0.15, -0.1) is 0 Å². The van der Waals surface area contributed by atoms with Crippen LogP contribution in [0.3, 0.4) is 0 Å². The molecule has 0 aliphatic heterocycles. The van der Waals surface area contributed by atoms with Gasteiger partial charge in [0.25, 0.3) is 5.91 Å². The molecule has 1 heterocycles. The van der Waals surface area contributed by atoms with Gasteiger partial charge in [-0.2, -0.15) is 0 Å².